The second-order valence-electron chi connectivity index (χ2n) is 18.9. The van der Waals surface area contributed by atoms with Crippen molar-refractivity contribution in [3.8, 4) is 0 Å². The summed E-state index contributed by atoms with van der Waals surface area (Å²) in [5.74, 6) is -0.501. The maximum atomic E-state index is 12.2. The highest BCUT2D eigenvalue weighted by Crippen LogP contribution is 2.42. The molecule has 9 nitrogen and oxygen atoms in total. The first-order valence-corrected chi connectivity index (χ1v) is 29.2. The van der Waals surface area contributed by atoms with Crippen molar-refractivity contribution in [2.24, 2.45) is 0 Å². The van der Waals surface area contributed by atoms with E-state index < -0.39 is 26.5 Å². The number of phosphoric ester groups is 1. The minimum Gasteiger partial charge on any atom is -0.463 e. The third-order valence-electron chi connectivity index (χ3n) is 12.4. The smallest absolute Gasteiger partial charge is 0.463 e. The zero-order chi connectivity index (χ0) is 46.7. The largest absolute Gasteiger partial charge is 0.472 e. The van der Waals surface area contributed by atoms with Crippen molar-refractivity contribution in [1.82, 2.24) is 5.32 Å². The number of carbonyl (C=O) groups excluding carboxylic acids is 2. The molecular formula is C54H106NO8P. The Kier molecular flexibility index (Phi) is 50.1. The summed E-state index contributed by atoms with van der Waals surface area (Å²) >= 11 is 0. The lowest BCUT2D eigenvalue weighted by Gasteiger charge is -2.15. The highest BCUT2D eigenvalue weighted by Gasteiger charge is 2.23. The van der Waals surface area contributed by atoms with E-state index in [2.05, 4.69) is 31.3 Å². The van der Waals surface area contributed by atoms with Crippen molar-refractivity contribution in [2.75, 3.05) is 26.4 Å². The van der Waals surface area contributed by atoms with Gasteiger partial charge in [0.05, 0.1) is 13.2 Å². The predicted octanol–water partition coefficient (Wildman–Crippen LogP) is 16.5. The van der Waals surface area contributed by atoms with Crippen LogP contribution in [0.1, 0.15) is 290 Å². The first-order valence-electron chi connectivity index (χ1n) is 27.7. The van der Waals surface area contributed by atoms with E-state index in [1.807, 2.05) is 0 Å². The summed E-state index contributed by atoms with van der Waals surface area (Å²) in [7, 11) is -4.42. The van der Waals surface area contributed by atoms with Gasteiger partial charge in [-0.2, -0.15) is 0 Å². The molecule has 0 aromatic heterocycles. The minimum atomic E-state index is -4.42. The quantitative estimate of drug-likeness (QED) is 0.0238. The van der Waals surface area contributed by atoms with Gasteiger partial charge in [-0.15, -0.1) is 0 Å². The van der Waals surface area contributed by atoms with E-state index >= 15 is 0 Å². The standard InChI is InChI=1S/C54H106NO8P/c1-3-5-7-9-11-13-15-17-19-21-23-25-27-29-31-33-35-37-39-41-43-45-47-54(58)61-50-52(56)51-63-64(59,60)62-49-48-55-53(57)46-44-42-40-38-36-34-32-30-28-26-24-22-20-18-16-14-12-10-8-6-4-2/h18,20,52,56H,3-17,19,21-51H2,1-2H3,(H,55,57)(H,59,60)/b20-18+. The fourth-order valence-electron chi connectivity index (χ4n) is 8.26. The average Bonchev–Trinajstić information content (AvgIpc) is 3.28. The van der Waals surface area contributed by atoms with Crippen LogP contribution in [0.4, 0.5) is 0 Å². The molecule has 380 valence electrons. The molecule has 2 unspecified atom stereocenters. The molecule has 0 aliphatic heterocycles. The Labute approximate surface area is 396 Å². The third kappa shape index (κ3) is 51.7. The number of esters is 1. The SMILES string of the molecule is CCCCCCCC/C=C/CCCCCCCCCCCCCC(=O)NCCOP(=O)(O)OCC(O)COC(=O)CCCCCCCCCCCCCCCCCCCCCCCC. The molecule has 0 fully saturated rings. The number of ether oxygens (including phenoxy) is 1. The molecule has 0 heterocycles. The maximum absolute atomic E-state index is 12.2. The van der Waals surface area contributed by atoms with Crippen molar-refractivity contribution < 1.29 is 37.9 Å². The van der Waals surface area contributed by atoms with Gasteiger partial charge in [0, 0.05) is 19.4 Å². The van der Waals surface area contributed by atoms with Gasteiger partial charge in [-0.05, 0) is 38.5 Å². The van der Waals surface area contributed by atoms with Gasteiger partial charge in [0.15, 0.2) is 0 Å². The number of phosphoric acid groups is 1. The van der Waals surface area contributed by atoms with E-state index in [4.69, 9.17) is 13.8 Å². The molecule has 0 saturated heterocycles. The molecule has 0 rings (SSSR count). The molecule has 0 saturated carbocycles. The summed E-state index contributed by atoms with van der Waals surface area (Å²) in [4.78, 5) is 34.1. The van der Waals surface area contributed by atoms with Crippen molar-refractivity contribution in [1.29, 1.82) is 0 Å². The molecule has 64 heavy (non-hydrogen) atoms. The van der Waals surface area contributed by atoms with Gasteiger partial charge in [0.1, 0.15) is 12.7 Å². The number of carbonyl (C=O) groups is 2. The van der Waals surface area contributed by atoms with Crippen LogP contribution < -0.4 is 5.32 Å². The fraction of sp³-hybridized carbons (Fsp3) is 0.926. The number of aliphatic hydroxyl groups excluding tert-OH is 1. The zero-order valence-corrected chi connectivity index (χ0v) is 43.2. The molecule has 0 aromatic rings. The molecular weight excluding hydrogens is 822 g/mol. The molecule has 0 aromatic carbocycles. The molecule has 0 bridgehead atoms. The van der Waals surface area contributed by atoms with Crippen LogP contribution in [0.25, 0.3) is 0 Å². The Morgan fingerprint density at radius 1 is 0.469 bits per heavy atom. The molecule has 0 radical (unpaired) electrons. The Hall–Kier alpha value is -1.25. The molecule has 10 heteroatoms. The Bertz CT molecular complexity index is 1060. The predicted molar refractivity (Wildman–Crippen MR) is 271 cm³/mol. The van der Waals surface area contributed by atoms with Crippen molar-refractivity contribution in [2.45, 2.75) is 296 Å². The Morgan fingerprint density at radius 2 is 0.797 bits per heavy atom. The maximum Gasteiger partial charge on any atom is 0.472 e. The van der Waals surface area contributed by atoms with Gasteiger partial charge in [-0.25, -0.2) is 4.57 Å². The van der Waals surface area contributed by atoms with E-state index in [0.717, 1.165) is 38.5 Å². The lowest BCUT2D eigenvalue weighted by molar-refractivity contribution is -0.147. The molecule has 3 N–H and O–H groups in total. The van der Waals surface area contributed by atoms with Crippen LogP contribution in [0.15, 0.2) is 12.2 Å². The third-order valence-corrected chi connectivity index (χ3v) is 13.4. The highest BCUT2D eigenvalue weighted by atomic mass is 31.2. The lowest BCUT2D eigenvalue weighted by atomic mass is 10.0. The van der Waals surface area contributed by atoms with E-state index in [9.17, 15) is 24.2 Å². The monoisotopic (exact) mass is 928 g/mol. The number of unbranched alkanes of at least 4 members (excludes halogenated alkanes) is 38. The summed E-state index contributed by atoms with van der Waals surface area (Å²) in [6, 6.07) is 0. The van der Waals surface area contributed by atoms with Gasteiger partial charge in [-0.1, -0.05) is 251 Å². The van der Waals surface area contributed by atoms with E-state index in [1.165, 1.54) is 225 Å². The van der Waals surface area contributed by atoms with Gasteiger partial charge in [0.25, 0.3) is 0 Å². The van der Waals surface area contributed by atoms with E-state index in [0.29, 0.717) is 6.42 Å². The first kappa shape index (κ1) is 62.8. The summed E-state index contributed by atoms with van der Waals surface area (Å²) in [5.41, 5.74) is 0. The number of aliphatic hydroxyl groups is 1. The molecule has 0 aliphatic rings. The summed E-state index contributed by atoms with van der Waals surface area (Å²) in [6.07, 6.45) is 57.3. The van der Waals surface area contributed by atoms with Crippen LogP contribution in [-0.2, 0) is 27.9 Å². The normalized spacial score (nSPS) is 13.1. The summed E-state index contributed by atoms with van der Waals surface area (Å²) in [5, 5.41) is 12.8. The second-order valence-corrected chi connectivity index (χ2v) is 20.4. The average molecular weight is 928 g/mol. The topological polar surface area (TPSA) is 131 Å². The van der Waals surface area contributed by atoms with Crippen LogP contribution in [0.5, 0.6) is 0 Å². The van der Waals surface area contributed by atoms with Crippen molar-refractivity contribution in [3.63, 3.8) is 0 Å². The highest BCUT2D eigenvalue weighted by molar-refractivity contribution is 7.47. The van der Waals surface area contributed by atoms with Crippen molar-refractivity contribution in [3.05, 3.63) is 12.2 Å². The van der Waals surface area contributed by atoms with Gasteiger partial charge < -0.3 is 20.1 Å². The molecule has 0 spiro atoms. The van der Waals surface area contributed by atoms with Crippen LogP contribution in [0.2, 0.25) is 0 Å². The molecule has 0 aliphatic carbocycles. The molecule has 2 atom stereocenters. The summed E-state index contributed by atoms with van der Waals surface area (Å²) in [6.45, 7) is 3.62. The number of rotatable bonds is 53. The zero-order valence-electron chi connectivity index (χ0n) is 42.3. The van der Waals surface area contributed by atoms with Crippen molar-refractivity contribution >= 4 is 19.7 Å². The first-order chi connectivity index (χ1) is 31.3. The number of allylic oxidation sites excluding steroid dienone is 2. The number of nitrogens with one attached hydrogen (secondary N) is 1. The number of amides is 1. The van der Waals surface area contributed by atoms with Crippen LogP contribution in [0.3, 0.4) is 0 Å². The minimum absolute atomic E-state index is 0.0857. The van der Waals surface area contributed by atoms with E-state index in [1.54, 1.807) is 0 Å². The second kappa shape index (κ2) is 51.1. The summed E-state index contributed by atoms with van der Waals surface area (Å²) < 4.78 is 27.0. The Morgan fingerprint density at radius 3 is 1.17 bits per heavy atom. The molecule has 1 amide bonds. The van der Waals surface area contributed by atoms with Crippen LogP contribution in [-0.4, -0.2) is 54.3 Å². The van der Waals surface area contributed by atoms with Gasteiger partial charge >= 0.3 is 13.8 Å². The van der Waals surface area contributed by atoms with Gasteiger partial charge in [0.2, 0.25) is 5.91 Å². The number of hydrogen-bond donors (Lipinski definition) is 3. The van der Waals surface area contributed by atoms with E-state index in [-0.39, 0.29) is 32.1 Å². The fourth-order valence-corrected chi connectivity index (χ4v) is 9.02. The van der Waals surface area contributed by atoms with Crippen LogP contribution >= 0.6 is 7.82 Å². The number of hydrogen-bond acceptors (Lipinski definition) is 7. The van der Waals surface area contributed by atoms with Crippen LogP contribution in [0, 0.1) is 0 Å². The van der Waals surface area contributed by atoms with Gasteiger partial charge in [-0.3, -0.25) is 18.6 Å². The Balaban J connectivity index is 3.50. The lowest BCUT2D eigenvalue weighted by Crippen LogP contribution is -2.27.